The maximum Gasteiger partial charge on any atom is 0.573 e. The van der Waals surface area contributed by atoms with Crippen LogP contribution in [0.25, 0.3) is 11.0 Å². The minimum atomic E-state index is -4.76. The highest BCUT2D eigenvalue weighted by molar-refractivity contribution is 7.89. The Morgan fingerprint density at radius 2 is 1.88 bits per heavy atom. The molecule has 33 heavy (non-hydrogen) atoms. The number of benzene rings is 2. The Kier molecular flexibility index (Phi) is 7.28. The molecule has 178 valence electrons. The molecular weight excluding hydrogens is 461 g/mol. The van der Waals surface area contributed by atoms with Gasteiger partial charge in [0.2, 0.25) is 15.9 Å². The van der Waals surface area contributed by atoms with Gasteiger partial charge in [0.05, 0.1) is 15.9 Å². The molecule has 1 heterocycles. The lowest BCUT2D eigenvalue weighted by atomic mass is 10.2. The van der Waals surface area contributed by atoms with Crippen LogP contribution in [0.4, 0.5) is 13.2 Å². The van der Waals surface area contributed by atoms with Crippen LogP contribution in [0, 0.1) is 0 Å². The predicted octanol–water partition coefficient (Wildman–Crippen LogP) is 3.24. The summed E-state index contributed by atoms with van der Waals surface area (Å²) in [4.78, 5) is 16.8. The van der Waals surface area contributed by atoms with E-state index >= 15 is 0 Å². The lowest BCUT2D eigenvalue weighted by Gasteiger charge is -2.10. The molecule has 1 aromatic heterocycles. The van der Waals surface area contributed by atoms with Gasteiger partial charge in [0.1, 0.15) is 11.6 Å². The Morgan fingerprint density at radius 1 is 1.18 bits per heavy atom. The van der Waals surface area contributed by atoms with Gasteiger partial charge in [-0.15, -0.1) is 13.2 Å². The first-order valence-electron chi connectivity index (χ1n) is 10.1. The van der Waals surface area contributed by atoms with E-state index in [4.69, 9.17) is 5.14 Å². The molecule has 3 rings (SSSR count). The van der Waals surface area contributed by atoms with E-state index in [0.717, 1.165) is 11.9 Å². The monoisotopic (exact) mass is 484 g/mol. The van der Waals surface area contributed by atoms with Crippen LogP contribution in [0.2, 0.25) is 0 Å². The van der Waals surface area contributed by atoms with Crippen molar-refractivity contribution < 1.29 is 31.1 Å². The van der Waals surface area contributed by atoms with Crippen molar-refractivity contribution in [2.45, 2.75) is 50.5 Å². The molecule has 0 saturated heterocycles. The summed E-state index contributed by atoms with van der Waals surface area (Å²) in [6.07, 6.45) is -3.49. The number of halogens is 3. The van der Waals surface area contributed by atoms with Crippen LogP contribution in [0.1, 0.15) is 31.2 Å². The number of aromatic nitrogens is 2. The third kappa shape index (κ3) is 6.68. The summed E-state index contributed by atoms with van der Waals surface area (Å²) in [5.74, 6) is 0.0474. The molecule has 0 fully saturated rings. The van der Waals surface area contributed by atoms with Crippen LogP contribution in [0.15, 0.2) is 47.4 Å². The van der Waals surface area contributed by atoms with Crippen LogP contribution in [0.3, 0.4) is 0 Å². The third-order valence-corrected chi connectivity index (χ3v) is 5.71. The van der Waals surface area contributed by atoms with E-state index in [2.05, 4.69) is 15.0 Å². The smallest absolute Gasteiger partial charge is 0.406 e. The summed E-state index contributed by atoms with van der Waals surface area (Å²) in [5, 5.41) is 7.91. The van der Waals surface area contributed by atoms with Gasteiger partial charge in [0.15, 0.2) is 0 Å². The summed E-state index contributed by atoms with van der Waals surface area (Å²) in [6, 6.07) is 9.71. The van der Waals surface area contributed by atoms with Gasteiger partial charge >= 0.3 is 6.36 Å². The summed E-state index contributed by atoms with van der Waals surface area (Å²) in [6.45, 7) is 2.79. The lowest BCUT2D eigenvalue weighted by molar-refractivity contribution is -0.274. The maximum absolute atomic E-state index is 12.3. The summed E-state index contributed by atoms with van der Waals surface area (Å²) in [5.41, 5.74) is 1.85. The van der Waals surface area contributed by atoms with Crippen molar-refractivity contribution in [3.05, 3.63) is 53.9 Å². The Balaban J connectivity index is 1.63. The van der Waals surface area contributed by atoms with Crippen molar-refractivity contribution >= 4 is 27.0 Å². The third-order valence-electron chi connectivity index (χ3n) is 4.80. The highest BCUT2D eigenvalue weighted by atomic mass is 32.2. The number of fused-ring (bicyclic) bond motifs is 1. The molecule has 0 bridgehead atoms. The molecular formula is C21H23F3N4O4S. The first-order valence-corrected chi connectivity index (χ1v) is 11.6. The molecule has 0 aliphatic carbocycles. The van der Waals surface area contributed by atoms with Crippen molar-refractivity contribution in [3.8, 4) is 5.75 Å². The van der Waals surface area contributed by atoms with Crippen molar-refractivity contribution in [3.63, 3.8) is 0 Å². The van der Waals surface area contributed by atoms with Crippen LogP contribution in [-0.2, 0) is 34.3 Å². The number of nitrogens with one attached hydrogen (secondary N) is 1. The Bertz CT molecular complexity index is 1240. The maximum atomic E-state index is 12.3. The van der Waals surface area contributed by atoms with Gasteiger partial charge in [-0.3, -0.25) is 4.79 Å². The Labute approximate surface area is 188 Å². The quantitative estimate of drug-likeness (QED) is 0.484. The van der Waals surface area contributed by atoms with Crippen molar-refractivity contribution in [2.75, 3.05) is 0 Å². The van der Waals surface area contributed by atoms with Gasteiger partial charge in [-0.25, -0.2) is 18.5 Å². The van der Waals surface area contributed by atoms with E-state index in [1.165, 1.54) is 36.4 Å². The number of primary sulfonamides is 1. The molecule has 0 spiro atoms. The van der Waals surface area contributed by atoms with Gasteiger partial charge in [-0.2, -0.15) is 0 Å². The number of alkyl halides is 3. The Hall–Kier alpha value is -3.12. The number of hydrogen-bond acceptors (Lipinski definition) is 5. The molecule has 1 amide bonds. The Morgan fingerprint density at radius 3 is 2.48 bits per heavy atom. The fourth-order valence-corrected chi connectivity index (χ4v) is 3.86. The molecule has 0 aliphatic heterocycles. The molecule has 0 aliphatic rings. The molecule has 0 atom stereocenters. The molecule has 0 radical (unpaired) electrons. The van der Waals surface area contributed by atoms with Crippen LogP contribution in [0.5, 0.6) is 5.75 Å². The number of carbonyl (C=O) groups excluding carboxylic acids is 1. The van der Waals surface area contributed by atoms with Gasteiger partial charge in [0.25, 0.3) is 0 Å². The van der Waals surface area contributed by atoms with Gasteiger partial charge in [-0.05, 0) is 42.3 Å². The van der Waals surface area contributed by atoms with E-state index < -0.39 is 16.4 Å². The number of nitrogens with two attached hydrogens (primary N) is 1. The van der Waals surface area contributed by atoms with E-state index in [0.29, 0.717) is 29.9 Å². The average Bonchev–Trinajstić information content (AvgIpc) is 3.07. The molecule has 2 aromatic carbocycles. The number of rotatable bonds is 9. The topological polar surface area (TPSA) is 116 Å². The predicted molar refractivity (Wildman–Crippen MR) is 115 cm³/mol. The first-order chi connectivity index (χ1) is 15.5. The number of aryl methyl sites for hydroxylation is 2. The van der Waals surface area contributed by atoms with Crippen LogP contribution in [-0.4, -0.2) is 30.2 Å². The number of amides is 1. The number of hydrogen-bond donors (Lipinski definition) is 2. The number of ether oxygens (including phenoxy) is 1. The molecule has 8 nitrogen and oxygen atoms in total. The first kappa shape index (κ1) is 24.5. The van der Waals surface area contributed by atoms with Gasteiger partial charge < -0.3 is 14.6 Å². The molecule has 3 N–H and O–H groups in total. The summed E-state index contributed by atoms with van der Waals surface area (Å²) in [7, 11) is -3.86. The largest absolute Gasteiger partial charge is 0.573 e. The number of nitrogens with zero attached hydrogens (tertiary/aromatic N) is 2. The zero-order valence-corrected chi connectivity index (χ0v) is 18.5. The van der Waals surface area contributed by atoms with Crippen molar-refractivity contribution in [2.24, 2.45) is 5.14 Å². The fraction of sp³-hybridized carbons (Fsp3) is 0.333. The van der Waals surface area contributed by atoms with Crippen molar-refractivity contribution in [1.82, 2.24) is 14.9 Å². The van der Waals surface area contributed by atoms with Crippen LogP contribution >= 0.6 is 0 Å². The number of imidazole rings is 1. The van der Waals surface area contributed by atoms with E-state index in [9.17, 15) is 26.4 Å². The zero-order valence-electron chi connectivity index (χ0n) is 17.7. The van der Waals surface area contributed by atoms with E-state index in [1.807, 2.05) is 11.5 Å². The van der Waals surface area contributed by atoms with Crippen molar-refractivity contribution in [1.29, 1.82) is 0 Å². The standard InChI is InChI=1S/C21H23F3N4O4S/c1-2-11-28-18-8-7-16(33(25,30)31)12-17(18)27-19(28)9-10-20(29)26-13-14-3-5-15(6-4-14)32-21(22,23)24/h3-8,12H,2,9-11,13H2,1H3,(H,26,29)(H2,25,30,31). The zero-order chi connectivity index (χ0) is 24.2. The normalized spacial score (nSPS) is 12.2. The molecule has 0 unspecified atom stereocenters. The second-order valence-corrected chi connectivity index (χ2v) is 8.91. The molecule has 0 saturated carbocycles. The van der Waals surface area contributed by atoms with E-state index in [1.54, 1.807) is 6.07 Å². The summed E-state index contributed by atoms with van der Waals surface area (Å²) < 4.78 is 65.6. The van der Waals surface area contributed by atoms with Gasteiger partial charge in [0, 0.05) is 25.9 Å². The van der Waals surface area contributed by atoms with Gasteiger partial charge in [-0.1, -0.05) is 19.1 Å². The summed E-state index contributed by atoms with van der Waals surface area (Å²) >= 11 is 0. The number of carbonyl (C=O) groups is 1. The molecule has 12 heteroatoms. The van der Waals surface area contributed by atoms with Crippen LogP contribution < -0.4 is 15.2 Å². The fourth-order valence-electron chi connectivity index (χ4n) is 3.32. The SMILES string of the molecule is CCCn1c(CCC(=O)NCc2ccc(OC(F)(F)F)cc2)nc2cc(S(N)(=O)=O)ccc21. The minimum absolute atomic E-state index is 0.0351. The lowest BCUT2D eigenvalue weighted by Crippen LogP contribution is -2.23. The molecule has 3 aromatic rings. The number of sulfonamides is 1. The highest BCUT2D eigenvalue weighted by Crippen LogP contribution is 2.23. The second-order valence-electron chi connectivity index (χ2n) is 7.34. The average molecular weight is 485 g/mol. The second kappa shape index (κ2) is 9.79. The highest BCUT2D eigenvalue weighted by Gasteiger charge is 2.30. The minimum Gasteiger partial charge on any atom is -0.406 e. The van der Waals surface area contributed by atoms with E-state index in [-0.39, 0.29) is 29.5 Å².